The summed E-state index contributed by atoms with van der Waals surface area (Å²) in [6.45, 7) is 4.15. The van der Waals surface area contributed by atoms with Crippen LogP contribution in [0.15, 0.2) is 36.7 Å². The summed E-state index contributed by atoms with van der Waals surface area (Å²) in [6.07, 6.45) is 4.76. The van der Waals surface area contributed by atoms with Crippen LogP contribution >= 0.6 is 0 Å². The molecule has 3 rings (SSSR count). The van der Waals surface area contributed by atoms with Crippen LogP contribution in [0, 0.1) is 12.8 Å². The third kappa shape index (κ3) is 5.16. The molecule has 1 atom stereocenters. The summed E-state index contributed by atoms with van der Waals surface area (Å²) >= 11 is 0. The zero-order chi connectivity index (χ0) is 19.2. The van der Waals surface area contributed by atoms with Crippen molar-refractivity contribution in [2.45, 2.75) is 19.8 Å². The van der Waals surface area contributed by atoms with Gasteiger partial charge >= 0.3 is 12.0 Å². The summed E-state index contributed by atoms with van der Waals surface area (Å²) in [5.41, 5.74) is 1.83. The smallest absolute Gasteiger partial charge is 0.356 e. The van der Waals surface area contributed by atoms with Crippen LogP contribution in [0.4, 0.5) is 16.3 Å². The molecule has 0 aliphatic carbocycles. The molecule has 0 bridgehead atoms. The van der Waals surface area contributed by atoms with Crippen molar-refractivity contribution in [3.8, 4) is 0 Å². The summed E-state index contributed by atoms with van der Waals surface area (Å²) in [5, 5.41) is 14.7. The van der Waals surface area contributed by atoms with Crippen molar-refractivity contribution in [1.82, 2.24) is 15.3 Å². The number of urea groups is 1. The molecule has 2 heterocycles. The predicted octanol–water partition coefficient (Wildman–Crippen LogP) is 2.52. The molecule has 2 amide bonds. The number of benzene rings is 1. The number of hydrogen-bond acceptors (Lipinski definition) is 5. The van der Waals surface area contributed by atoms with Crippen molar-refractivity contribution in [3.05, 3.63) is 47.9 Å². The van der Waals surface area contributed by atoms with Gasteiger partial charge in [0.25, 0.3) is 0 Å². The van der Waals surface area contributed by atoms with Crippen molar-refractivity contribution in [2.75, 3.05) is 29.9 Å². The molecule has 2 aromatic rings. The van der Waals surface area contributed by atoms with Crippen LogP contribution in [-0.4, -0.2) is 46.7 Å². The van der Waals surface area contributed by atoms with Gasteiger partial charge in [-0.1, -0.05) is 17.7 Å². The molecule has 142 valence electrons. The standard InChI is InChI=1S/C19H23N5O3/c1-13-4-6-15(7-5-13)23-19(27)22-9-14-3-2-8-24(12-14)17-11-20-16(10-21-17)18(25)26/h4-7,10-11,14H,2-3,8-9,12H2,1H3,(H,25,26)(H2,22,23,27). The molecule has 8 heteroatoms. The summed E-state index contributed by atoms with van der Waals surface area (Å²) in [5.74, 6) is -0.133. The highest BCUT2D eigenvalue weighted by atomic mass is 16.4. The number of carbonyl (C=O) groups is 2. The molecule has 1 saturated heterocycles. The maximum Gasteiger partial charge on any atom is 0.356 e. The first kappa shape index (κ1) is 18.6. The van der Waals surface area contributed by atoms with Crippen LogP contribution in [0.3, 0.4) is 0 Å². The van der Waals surface area contributed by atoms with E-state index in [1.54, 1.807) is 0 Å². The molecule has 8 nitrogen and oxygen atoms in total. The largest absolute Gasteiger partial charge is 0.476 e. The quantitative estimate of drug-likeness (QED) is 0.747. The highest BCUT2D eigenvalue weighted by molar-refractivity contribution is 5.89. The average Bonchev–Trinajstić information content (AvgIpc) is 2.68. The van der Waals surface area contributed by atoms with E-state index in [-0.39, 0.29) is 11.7 Å². The number of nitrogens with zero attached hydrogens (tertiary/aromatic N) is 3. The minimum Gasteiger partial charge on any atom is -0.476 e. The van der Waals surface area contributed by atoms with Gasteiger partial charge in [0.2, 0.25) is 0 Å². The van der Waals surface area contributed by atoms with Gasteiger partial charge in [0, 0.05) is 25.3 Å². The van der Waals surface area contributed by atoms with Gasteiger partial charge in [0.1, 0.15) is 5.82 Å². The number of aryl methyl sites for hydroxylation is 1. The lowest BCUT2D eigenvalue weighted by Crippen LogP contribution is -2.42. The van der Waals surface area contributed by atoms with E-state index >= 15 is 0 Å². The third-order valence-electron chi connectivity index (χ3n) is 4.56. The molecule has 0 radical (unpaired) electrons. The fourth-order valence-electron chi connectivity index (χ4n) is 3.08. The highest BCUT2D eigenvalue weighted by Crippen LogP contribution is 2.20. The second-order valence-electron chi connectivity index (χ2n) is 6.72. The Bertz CT molecular complexity index is 792. The lowest BCUT2D eigenvalue weighted by atomic mass is 9.98. The number of carboxylic acids is 1. The molecule has 27 heavy (non-hydrogen) atoms. The zero-order valence-corrected chi connectivity index (χ0v) is 15.2. The highest BCUT2D eigenvalue weighted by Gasteiger charge is 2.22. The number of aromatic carboxylic acids is 1. The summed E-state index contributed by atoms with van der Waals surface area (Å²) in [7, 11) is 0. The Balaban J connectivity index is 1.49. The number of nitrogens with one attached hydrogen (secondary N) is 2. The number of piperidine rings is 1. The number of aromatic nitrogens is 2. The van der Waals surface area contributed by atoms with Crippen molar-refractivity contribution >= 4 is 23.5 Å². The molecule has 0 saturated carbocycles. The summed E-state index contributed by atoms with van der Waals surface area (Å²) < 4.78 is 0. The average molecular weight is 369 g/mol. The number of amides is 2. The fourth-order valence-corrected chi connectivity index (χ4v) is 3.08. The first-order chi connectivity index (χ1) is 13.0. The minimum absolute atomic E-state index is 0.0678. The Hall–Kier alpha value is -3.16. The summed E-state index contributed by atoms with van der Waals surface area (Å²) in [4.78, 5) is 33.2. The number of hydrogen-bond donors (Lipinski definition) is 3. The third-order valence-corrected chi connectivity index (χ3v) is 4.56. The molecular formula is C19H23N5O3. The molecule has 1 aromatic heterocycles. The number of rotatable bonds is 5. The van der Waals surface area contributed by atoms with E-state index in [1.807, 2.05) is 31.2 Å². The van der Waals surface area contributed by atoms with Crippen molar-refractivity contribution in [2.24, 2.45) is 5.92 Å². The Labute approximate surface area is 157 Å². The van der Waals surface area contributed by atoms with Gasteiger partial charge in [-0.2, -0.15) is 0 Å². The van der Waals surface area contributed by atoms with E-state index < -0.39 is 5.97 Å². The lowest BCUT2D eigenvalue weighted by Gasteiger charge is -2.33. The molecule has 0 spiro atoms. The normalized spacial score (nSPS) is 16.6. The van der Waals surface area contributed by atoms with Gasteiger partial charge in [-0.25, -0.2) is 19.6 Å². The van der Waals surface area contributed by atoms with Crippen LogP contribution in [0.25, 0.3) is 0 Å². The monoisotopic (exact) mass is 369 g/mol. The molecule has 1 aromatic carbocycles. The molecule has 1 unspecified atom stereocenters. The van der Waals surface area contributed by atoms with Gasteiger partial charge in [-0.3, -0.25) is 0 Å². The SMILES string of the molecule is Cc1ccc(NC(=O)NCC2CCCN(c3cnc(C(=O)O)cn3)C2)cc1. The van der Waals surface area contributed by atoms with Crippen LogP contribution in [0.2, 0.25) is 0 Å². The first-order valence-electron chi connectivity index (χ1n) is 8.93. The second-order valence-corrected chi connectivity index (χ2v) is 6.72. The number of carbonyl (C=O) groups excluding carboxylic acids is 1. The van der Waals surface area contributed by atoms with E-state index in [2.05, 4.69) is 25.5 Å². The first-order valence-corrected chi connectivity index (χ1v) is 8.93. The van der Waals surface area contributed by atoms with Crippen LogP contribution in [-0.2, 0) is 0 Å². The minimum atomic E-state index is -1.09. The maximum absolute atomic E-state index is 12.1. The lowest BCUT2D eigenvalue weighted by molar-refractivity contribution is 0.0690. The van der Waals surface area contributed by atoms with Gasteiger partial charge in [0.05, 0.1) is 12.4 Å². The van der Waals surface area contributed by atoms with Crippen molar-refractivity contribution in [3.63, 3.8) is 0 Å². The molecular weight excluding hydrogens is 346 g/mol. The van der Waals surface area contributed by atoms with E-state index in [0.29, 0.717) is 18.3 Å². The Morgan fingerprint density at radius 2 is 2.00 bits per heavy atom. The summed E-state index contributed by atoms with van der Waals surface area (Å²) in [6, 6.07) is 7.42. The van der Waals surface area contributed by atoms with Crippen LogP contribution < -0.4 is 15.5 Å². The van der Waals surface area contributed by atoms with Gasteiger partial charge < -0.3 is 20.6 Å². The fraction of sp³-hybridized carbons (Fsp3) is 0.368. The van der Waals surface area contributed by atoms with Gasteiger partial charge in [0.15, 0.2) is 5.69 Å². The maximum atomic E-state index is 12.1. The Morgan fingerprint density at radius 3 is 2.67 bits per heavy atom. The van der Waals surface area contributed by atoms with Gasteiger partial charge in [-0.05, 0) is 37.8 Å². The zero-order valence-electron chi connectivity index (χ0n) is 15.2. The van der Waals surface area contributed by atoms with Crippen molar-refractivity contribution in [1.29, 1.82) is 0 Å². The van der Waals surface area contributed by atoms with E-state index in [0.717, 1.165) is 37.2 Å². The van der Waals surface area contributed by atoms with Crippen LogP contribution in [0.5, 0.6) is 0 Å². The topological polar surface area (TPSA) is 107 Å². The van der Waals surface area contributed by atoms with E-state index in [9.17, 15) is 9.59 Å². The molecule has 1 fully saturated rings. The van der Waals surface area contributed by atoms with Crippen molar-refractivity contribution < 1.29 is 14.7 Å². The number of carboxylic acid groups (broad SMARTS) is 1. The predicted molar refractivity (Wildman–Crippen MR) is 102 cm³/mol. The number of anilines is 2. The second kappa shape index (κ2) is 8.48. The van der Waals surface area contributed by atoms with E-state index in [4.69, 9.17) is 5.11 Å². The van der Waals surface area contributed by atoms with Crippen LogP contribution in [0.1, 0.15) is 28.9 Å². The molecule has 3 N–H and O–H groups in total. The molecule has 1 aliphatic heterocycles. The van der Waals surface area contributed by atoms with Gasteiger partial charge in [-0.15, -0.1) is 0 Å². The van der Waals surface area contributed by atoms with E-state index in [1.165, 1.54) is 12.4 Å². The molecule has 1 aliphatic rings. The Kier molecular flexibility index (Phi) is 5.85. The Morgan fingerprint density at radius 1 is 1.22 bits per heavy atom.